The fourth-order valence-electron chi connectivity index (χ4n) is 2.17. The van der Waals surface area contributed by atoms with Gasteiger partial charge in [0.05, 0.1) is 12.1 Å². The van der Waals surface area contributed by atoms with Crippen LogP contribution in [0.3, 0.4) is 0 Å². The number of aliphatic hydroxyl groups is 1. The summed E-state index contributed by atoms with van der Waals surface area (Å²) < 4.78 is 1.79. The van der Waals surface area contributed by atoms with Gasteiger partial charge in [-0.3, -0.25) is 4.79 Å². The minimum Gasteiger partial charge on any atom is -0.395 e. The quantitative estimate of drug-likeness (QED) is 0.840. The number of carbonyl (C=O) groups excluding carboxylic acids is 1. The minimum atomic E-state index is -0.164. The Morgan fingerprint density at radius 1 is 1.52 bits per heavy atom. The van der Waals surface area contributed by atoms with Gasteiger partial charge in [0.2, 0.25) is 0 Å². The minimum absolute atomic E-state index is 0.0151. The molecule has 0 aliphatic heterocycles. The summed E-state index contributed by atoms with van der Waals surface area (Å²) in [4.78, 5) is 12.3. The molecule has 0 spiro atoms. The zero-order valence-electron chi connectivity index (χ0n) is 12.4. The number of benzene rings is 1. The second-order valence-electron chi connectivity index (χ2n) is 4.83. The molecule has 0 aliphatic carbocycles. The zero-order valence-corrected chi connectivity index (χ0v) is 13.2. The number of aromatic nitrogens is 3. The molecule has 2 rings (SSSR count). The van der Waals surface area contributed by atoms with Gasteiger partial charge in [0.1, 0.15) is 5.52 Å². The number of carbonyl (C=O) groups is 1. The first-order valence-electron chi connectivity index (χ1n) is 6.88. The Hall–Kier alpha value is -1.60. The highest BCUT2D eigenvalue weighted by atomic mass is 32.2. The number of nitrogens with zero attached hydrogens (tertiary/aromatic N) is 3. The van der Waals surface area contributed by atoms with E-state index >= 15 is 0 Å². The lowest BCUT2D eigenvalue weighted by Crippen LogP contribution is -2.41. The van der Waals surface area contributed by atoms with Crippen molar-refractivity contribution in [1.29, 1.82) is 0 Å². The average Bonchev–Trinajstić information content (AvgIpc) is 2.90. The van der Waals surface area contributed by atoms with Crippen molar-refractivity contribution in [3.63, 3.8) is 0 Å². The maximum atomic E-state index is 12.3. The van der Waals surface area contributed by atoms with Gasteiger partial charge in [-0.1, -0.05) is 5.21 Å². The average molecular weight is 308 g/mol. The van der Waals surface area contributed by atoms with Gasteiger partial charge in [0.15, 0.2) is 0 Å². The number of fused-ring (bicyclic) bond motifs is 1. The van der Waals surface area contributed by atoms with Crippen molar-refractivity contribution in [2.45, 2.75) is 31.7 Å². The van der Waals surface area contributed by atoms with Gasteiger partial charge in [-0.25, -0.2) is 4.68 Å². The van der Waals surface area contributed by atoms with Crippen LogP contribution >= 0.6 is 11.8 Å². The summed E-state index contributed by atoms with van der Waals surface area (Å²) in [6.45, 7) is 4.66. The van der Waals surface area contributed by atoms with Crippen molar-refractivity contribution in [3.8, 4) is 0 Å². The summed E-state index contributed by atoms with van der Waals surface area (Å²) in [5, 5.41) is 20.2. The smallest absolute Gasteiger partial charge is 0.251 e. The van der Waals surface area contributed by atoms with E-state index in [-0.39, 0.29) is 23.8 Å². The maximum absolute atomic E-state index is 12.3. The summed E-state index contributed by atoms with van der Waals surface area (Å²) in [5.74, 6) is -0.164. The molecule has 21 heavy (non-hydrogen) atoms. The maximum Gasteiger partial charge on any atom is 0.251 e. The summed E-state index contributed by atoms with van der Waals surface area (Å²) in [6, 6.07) is 5.26. The molecule has 0 bridgehead atoms. The van der Waals surface area contributed by atoms with Crippen LogP contribution < -0.4 is 5.32 Å². The standard InChI is InChI=1S/C14H20N4O2S/c1-4-18-12-6-5-10(7-11(12)16-17-18)14(20)15-9(2)13(8-19)21-3/h5-7,9,13,19H,4,8H2,1-3H3,(H,15,20). The van der Waals surface area contributed by atoms with Crippen molar-refractivity contribution in [1.82, 2.24) is 20.3 Å². The van der Waals surface area contributed by atoms with Crippen LogP contribution in [0.15, 0.2) is 18.2 Å². The summed E-state index contributed by atoms with van der Waals surface area (Å²) in [7, 11) is 0. The number of hydrogen-bond donors (Lipinski definition) is 2. The first-order valence-corrected chi connectivity index (χ1v) is 8.17. The van der Waals surface area contributed by atoms with Crippen LogP contribution in [0.2, 0.25) is 0 Å². The highest BCUT2D eigenvalue weighted by Gasteiger charge is 2.18. The number of hydrogen-bond acceptors (Lipinski definition) is 5. The van der Waals surface area contributed by atoms with Crippen LogP contribution in [0.25, 0.3) is 11.0 Å². The third-order valence-corrected chi connectivity index (χ3v) is 4.64. The van der Waals surface area contributed by atoms with E-state index in [2.05, 4.69) is 15.6 Å². The lowest BCUT2D eigenvalue weighted by atomic mass is 10.1. The van der Waals surface area contributed by atoms with Crippen LogP contribution in [0.4, 0.5) is 0 Å². The Kier molecular flexibility index (Phi) is 5.19. The lowest BCUT2D eigenvalue weighted by molar-refractivity contribution is 0.0936. The first-order chi connectivity index (χ1) is 10.1. The van der Waals surface area contributed by atoms with E-state index in [4.69, 9.17) is 0 Å². The van der Waals surface area contributed by atoms with Gasteiger partial charge in [0.25, 0.3) is 5.91 Å². The van der Waals surface area contributed by atoms with E-state index in [1.807, 2.05) is 26.2 Å². The van der Waals surface area contributed by atoms with Crippen molar-refractivity contribution in [3.05, 3.63) is 23.8 Å². The van der Waals surface area contributed by atoms with E-state index < -0.39 is 0 Å². The molecular weight excluding hydrogens is 288 g/mol. The molecule has 6 nitrogen and oxygen atoms in total. The Bertz CT molecular complexity index is 624. The van der Waals surface area contributed by atoms with Gasteiger partial charge in [-0.2, -0.15) is 11.8 Å². The van der Waals surface area contributed by atoms with Crippen LogP contribution in [0, 0.1) is 0 Å². The largest absolute Gasteiger partial charge is 0.395 e. The normalized spacial score (nSPS) is 14.1. The number of rotatable bonds is 6. The van der Waals surface area contributed by atoms with Crippen LogP contribution in [0.1, 0.15) is 24.2 Å². The van der Waals surface area contributed by atoms with E-state index in [9.17, 15) is 9.90 Å². The summed E-state index contributed by atoms with van der Waals surface area (Å²) in [5.41, 5.74) is 2.18. The number of aliphatic hydroxyl groups excluding tert-OH is 1. The van der Waals surface area contributed by atoms with Crippen LogP contribution in [-0.4, -0.2) is 50.2 Å². The molecule has 0 saturated carbocycles. The predicted molar refractivity (Wildman–Crippen MR) is 84.5 cm³/mol. The molecule has 0 radical (unpaired) electrons. The second kappa shape index (κ2) is 6.91. The molecule has 114 valence electrons. The van der Waals surface area contributed by atoms with E-state index in [1.165, 1.54) is 11.8 Å². The number of nitrogens with one attached hydrogen (secondary N) is 1. The molecule has 1 aromatic carbocycles. The summed E-state index contributed by atoms with van der Waals surface area (Å²) in [6.07, 6.45) is 1.92. The third kappa shape index (κ3) is 3.36. The molecule has 0 aliphatic rings. The molecule has 1 amide bonds. The van der Waals surface area contributed by atoms with Crippen LogP contribution in [-0.2, 0) is 6.54 Å². The fraction of sp³-hybridized carbons (Fsp3) is 0.500. The molecule has 2 unspecified atom stereocenters. The fourth-order valence-corrected chi connectivity index (χ4v) is 2.79. The van der Waals surface area contributed by atoms with Gasteiger partial charge >= 0.3 is 0 Å². The van der Waals surface area contributed by atoms with Crippen LogP contribution in [0.5, 0.6) is 0 Å². The number of aryl methyl sites for hydroxylation is 1. The predicted octanol–water partition coefficient (Wildman–Crippen LogP) is 1.29. The topological polar surface area (TPSA) is 80.0 Å². The molecule has 1 aromatic heterocycles. The molecule has 2 aromatic rings. The second-order valence-corrected chi connectivity index (χ2v) is 5.90. The number of amides is 1. The Labute approximate surface area is 127 Å². The zero-order chi connectivity index (χ0) is 15.4. The molecular formula is C14H20N4O2S. The molecule has 0 fully saturated rings. The molecule has 1 heterocycles. The van der Waals surface area contributed by atoms with Gasteiger partial charge in [-0.05, 0) is 38.3 Å². The number of thioether (sulfide) groups is 1. The molecule has 7 heteroatoms. The Balaban J connectivity index is 2.16. The van der Waals surface area contributed by atoms with Crippen molar-refractivity contribution < 1.29 is 9.90 Å². The van der Waals surface area contributed by atoms with Crippen molar-refractivity contribution >= 4 is 28.7 Å². The van der Waals surface area contributed by atoms with E-state index in [1.54, 1.807) is 16.8 Å². The van der Waals surface area contributed by atoms with Gasteiger partial charge in [0, 0.05) is 23.4 Å². The van der Waals surface area contributed by atoms with Crippen molar-refractivity contribution in [2.75, 3.05) is 12.9 Å². The van der Waals surface area contributed by atoms with Gasteiger partial charge in [-0.15, -0.1) is 5.10 Å². The Morgan fingerprint density at radius 3 is 2.90 bits per heavy atom. The highest BCUT2D eigenvalue weighted by molar-refractivity contribution is 7.99. The molecule has 2 N–H and O–H groups in total. The highest BCUT2D eigenvalue weighted by Crippen LogP contribution is 2.15. The van der Waals surface area contributed by atoms with E-state index in [0.717, 1.165) is 12.1 Å². The SMILES string of the molecule is CCn1nnc2cc(C(=O)NC(C)C(CO)SC)ccc21. The van der Waals surface area contributed by atoms with Crippen molar-refractivity contribution in [2.24, 2.45) is 0 Å². The lowest BCUT2D eigenvalue weighted by Gasteiger charge is -2.21. The Morgan fingerprint density at radius 2 is 2.29 bits per heavy atom. The summed E-state index contributed by atoms with van der Waals surface area (Å²) >= 11 is 1.53. The third-order valence-electron chi connectivity index (χ3n) is 3.47. The molecule has 0 saturated heterocycles. The van der Waals surface area contributed by atoms with E-state index in [0.29, 0.717) is 11.1 Å². The van der Waals surface area contributed by atoms with Gasteiger partial charge < -0.3 is 10.4 Å². The monoisotopic (exact) mass is 308 g/mol. The first kappa shape index (κ1) is 15.8. The molecule has 2 atom stereocenters.